The first kappa shape index (κ1) is 18.5. The molecule has 25 heavy (non-hydrogen) atoms. The van der Waals surface area contributed by atoms with Crippen LogP contribution in [-0.2, 0) is 16.0 Å². The van der Waals surface area contributed by atoms with Gasteiger partial charge in [0, 0.05) is 20.0 Å². The van der Waals surface area contributed by atoms with Crippen LogP contribution in [0.3, 0.4) is 0 Å². The predicted octanol–water partition coefficient (Wildman–Crippen LogP) is 2.27. The number of nitrogens with zero attached hydrogens (tertiary/aromatic N) is 1. The highest BCUT2D eigenvalue weighted by Crippen LogP contribution is 2.07. The smallest absolute Gasteiger partial charge is 0.224 e. The van der Waals surface area contributed by atoms with E-state index in [1.165, 1.54) is 0 Å². The zero-order valence-corrected chi connectivity index (χ0v) is 14.5. The van der Waals surface area contributed by atoms with Crippen LogP contribution in [0.25, 0.3) is 0 Å². The molecule has 0 aromatic heterocycles. The van der Waals surface area contributed by atoms with Crippen LogP contribution < -0.4 is 10.1 Å². The van der Waals surface area contributed by atoms with Gasteiger partial charge in [-0.15, -0.1) is 0 Å². The van der Waals surface area contributed by atoms with Crippen molar-refractivity contribution in [3.8, 4) is 5.75 Å². The molecule has 132 valence electrons. The van der Waals surface area contributed by atoms with Crippen molar-refractivity contribution in [1.29, 1.82) is 0 Å². The highest BCUT2D eigenvalue weighted by Gasteiger charge is 2.09. The Morgan fingerprint density at radius 2 is 1.64 bits per heavy atom. The fourth-order valence-electron chi connectivity index (χ4n) is 2.29. The average Bonchev–Trinajstić information content (AvgIpc) is 2.63. The first-order chi connectivity index (χ1) is 12.1. The van der Waals surface area contributed by atoms with Crippen LogP contribution in [0.5, 0.6) is 5.75 Å². The summed E-state index contributed by atoms with van der Waals surface area (Å²) in [6.45, 7) is 1.28. The Balaban J connectivity index is 1.60. The molecule has 2 rings (SSSR count). The van der Waals surface area contributed by atoms with Gasteiger partial charge >= 0.3 is 0 Å². The Hall–Kier alpha value is -2.82. The van der Waals surface area contributed by atoms with Crippen LogP contribution in [0.15, 0.2) is 60.7 Å². The fourth-order valence-corrected chi connectivity index (χ4v) is 2.29. The van der Waals surface area contributed by atoms with Crippen molar-refractivity contribution in [2.24, 2.45) is 0 Å². The van der Waals surface area contributed by atoms with Crippen molar-refractivity contribution in [2.75, 3.05) is 26.7 Å². The number of amides is 2. The zero-order valence-electron chi connectivity index (χ0n) is 14.5. The molecule has 0 atom stereocenters. The minimum absolute atomic E-state index is 0.0170. The normalized spacial score (nSPS) is 10.1. The summed E-state index contributed by atoms with van der Waals surface area (Å²) in [6.07, 6.45) is 0.609. The number of para-hydroxylation sites is 1. The first-order valence-corrected chi connectivity index (χ1v) is 8.37. The van der Waals surface area contributed by atoms with Crippen molar-refractivity contribution in [2.45, 2.75) is 12.8 Å². The lowest BCUT2D eigenvalue weighted by Crippen LogP contribution is -2.34. The Morgan fingerprint density at radius 1 is 1.00 bits per heavy atom. The molecule has 5 nitrogen and oxygen atoms in total. The number of hydrogen-bond donors (Lipinski definition) is 1. The van der Waals surface area contributed by atoms with E-state index >= 15 is 0 Å². The lowest BCUT2D eigenvalue weighted by atomic mass is 10.1. The molecule has 5 heteroatoms. The lowest BCUT2D eigenvalue weighted by molar-refractivity contribution is -0.130. The van der Waals surface area contributed by atoms with Crippen molar-refractivity contribution in [1.82, 2.24) is 10.2 Å². The molecule has 0 saturated carbocycles. The molecule has 1 N–H and O–H groups in total. The Labute approximate surface area is 148 Å². The maximum absolute atomic E-state index is 12.0. The molecule has 2 amide bonds. The molecule has 2 aromatic carbocycles. The Bertz CT molecular complexity index is 659. The minimum Gasteiger partial charge on any atom is -0.492 e. The van der Waals surface area contributed by atoms with Gasteiger partial charge in [-0.3, -0.25) is 9.59 Å². The molecule has 0 radical (unpaired) electrons. The summed E-state index contributed by atoms with van der Waals surface area (Å²) in [7, 11) is 1.74. The van der Waals surface area contributed by atoms with E-state index in [1.807, 2.05) is 60.7 Å². The molecule has 0 unspecified atom stereocenters. The predicted molar refractivity (Wildman–Crippen MR) is 97.3 cm³/mol. The molecule has 0 aliphatic carbocycles. The average molecular weight is 340 g/mol. The van der Waals surface area contributed by atoms with E-state index in [1.54, 1.807) is 11.9 Å². The number of carbonyl (C=O) groups is 2. The van der Waals surface area contributed by atoms with Crippen LogP contribution in [0.2, 0.25) is 0 Å². The molecule has 0 fully saturated rings. The third kappa shape index (κ3) is 7.08. The van der Waals surface area contributed by atoms with E-state index in [9.17, 15) is 9.59 Å². The summed E-state index contributed by atoms with van der Waals surface area (Å²) < 4.78 is 5.57. The van der Waals surface area contributed by atoms with E-state index in [4.69, 9.17) is 4.74 Å². The van der Waals surface area contributed by atoms with Crippen LogP contribution in [0, 0.1) is 0 Å². The molecule has 0 saturated heterocycles. The van der Waals surface area contributed by atoms with E-state index in [0.717, 1.165) is 11.3 Å². The van der Waals surface area contributed by atoms with Crippen LogP contribution in [-0.4, -0.2) is 43.5 Å². The molecular weight excluding hydrogens is 316 g/mol. The maximum Gasteiger partial charge on any atom is 0.224 e. The summed E-state index contributed by atoms with van der Waals surface area (Å²) in [4.78, 5) is 25.5. The van der Waals surface area contributed by atoms with E-state index in [2.05, 4.69) is 5.32 Å². The quantitative estimate of drug-likeness (QED) is 0.762. The van der Waals surface area contributed by atoms with Gasteiger partial charge in [0.2, 0.25) is 11.8 Å². The van der Waals surface area contributed by atoms with Crippen molar-refractivity contribution >= 4 is 11.8 Å². The number of carbonyl (C=O) groups excluding carboxylic acids is 2. The van der Waals surface area contributed by atoms with Gasteiger partial charge < -0.3 is 15.0 Å². The minimum atomic E-state index is -0.0749. The highest BCUT2D eigenvalue weighted by atomic mass is 16.5. The van der Waals surface area contributed by atoms with Gasteiger partial charge in [-0.05, 0) is 17.7 Å². The number of hydrogen-bond acceptors (Lipinski definition) is 3. The third-order valence-electron chi connectivity index (χ3n) is 3.73. The Morgan fingerprint density at radius 3 is 2.32 bits per heavy atom. The number of nitrogens with one attached hydrogen (secondary N) is 1. The van der Waals surface area contributed by atoms with Crippen molar-refractivity contribution in [3.05, 3.63) is 66.2 Å². The molecular formula is C20H24N2O3. The Kier molecular flexibility index (Phi) is 7.50. The zero-order chi connectivity index (χ0) is 17.9. The van der Waals surface area contributed by atoms with Gasteiger partial charge in [0.05, 0.1) is 13.0 Å². The summed E-state index contributed by atoms with van der Waals surface area (Å²) >= 11 is 0. The van der Waals surface area contributed by atoms with Crippen molar-refractivity contribution < 1.29 is 14.3 Å². The second kappa shape index (κ2) is 10.1. The van der Waals surface area contributed by atoms with Crippen molar-refractivity contribution in [3.63, 3.8) is 0 Å². The number of benzene rings is 2. The largest absolute Gasteiger partial charge is 0.492 e. The third-order valence-corrected chi connectivity index (χ3v) is 3.73. The number of likely N-dealkylation sites (N-methyl/N-ethyl adjacent to an activating group) is 1. The second-order valence-electron chi connectivity index (χ2n) is 5.74. The van der Waals surface area contributed by atoms with E-state index in [-0.39, 0.29) is 18.2 Å². The molecule has 0 spiro atoms. The molecule has 0 aliphatic heterocycles. The first-order valence-electron chi connectivity index (χ1n) is 8.37. The van der Waals surface area contributed by atoms with Gasteiger partial charge in [-0.2, -0.15) is 0 Å². The highest BCUT2D eigenvalue weighted by molar-refractivity contribution is 5.80. The summed E-state index contributed by atoms with van der Waals surface area (Å²) in [5, 5.41) is 2.78. The SMILES string of the molecule is CN(CCOc1ccccc1)C(=O)CCNC(=O)Cc1ccccc1. The monoisotopic (exact) mass is 340 g/mol. The van der Waals surface area contributed by atoms with Crippen LogP contribution in [0.1, 0.15) is 12.0 Å². The van der Waals surface area contributed by atoms with Gasteiger partial charge in [0.15, 0.2) is 0 Å². The summed E-state index contributed by atoms with van der Waals surface area (Å²) in [5.41, 5.74) is 0.960. The van der Waals surface area contributed by atoms with Gasteiger partial charge in [-0.1, -0.05) is 48.5 Å². The topological polar surface area (TPSA) is 58.6 Å². The fraction of sp³-hybridized carbons (Fsp3) is 0.300. The molecule has 0 aliphatic rings. The van der Waals surface area contributed by atoms with Crippen LogP contribution in [0.4, 0.5) is 0 Å². The molecule has 0 heterocycles. The lowest BCUT2D eigenvalue weighted by Gasteiger charge is -2.17. The second-order valence-corrected chi connectivity index (χ2v) is 5.74. The van der Waals surface area contributed by atoms with E-state index in [0.29, 0.717) is 26.1 Å². The number of ether oxygens (including phenoxy) is 1. The standard InChI is InChI=1S/C20H24N2O3/c1-22(14-15-25-18-10-6-3-7-11-18)20(24)12-13-21-19(23)16-17-8-4-2-5-9-17/h2-11H,12-16H2,1H3,(H,21,23). The van der Waals surface area contributed by atoms with Gasteiger partial charge in [0.1, 0.15) is 12.4 Å². The van der Waals surface area contributed by atoms with E-state index < -0.39 is 0 Å². The molecule has 2 aromatic rings. The number of rotatable bonds is 9. The molecule has 0 bridgehead atoms. The van der Waals surface area contributed by atoms with Crippen LogP contribution >= 0.6 is 0 Å². The maximum atomic E-state index is 12.0. The van der Waals surface area contributed by atoms with Gasteiger partial charge in [0.25, 0.3) is 0 Å². The summed E-state index contributed by atoms with van der Waals surface area (Å²) in [5.74, 6) is 0.697. The summed E-state index contributed by atoms with van der Waals surface area (Å²) in [6, 6.07) is 19.0. The van der Waals surface area contributed by atoms with Gasteiger partial charge in [-0.25, -0.2) is 0 Å².